The van der Waals surface area contributed by atoms with Crippen LogP contribution in [0.15, 0.2) is 22.7 Å². The third-order valence-corrected chi connectivity index (χ3v) is 4.64. The molecule has 1 aliphatic rings. The summed E-state index contributed by atoms with van der Waals surface area (Å²) in [5, 5.41) is 12.7. The number of aliphatic hydroxyl groups excluding tert-OH is 1. The Hall–Kier alpha value is -0.580. The highest BCUT2D eigenvalue weighted by Crippen LogP contribution is 2.33. The molecule has 0 aromatic heterocycles. The Bertz CT molecular complexity index is 419. The fraction of sp³-hybridized carbons (Fsp3) is 0.625. The zero-order chi connectivity index (χ0) is 14.4. The van der Waals surface area contributed by atoms with E-state index < -0.39 is 0 Å². The van der Waals surface area contributed by atoms with Gasteiger partial charge < -0.3 is 15.3 Å². The van der Waals surface area contributed by atoms with Crippen molar-refractivity contribution in [3.05, 3.63) is 28.2 Å². The van der Waals surface area contributed by atoms with Gasteiger partial charge in [0.15, 0.2) is 0 Å². The molecule has 0 amide bonds. The fourth-order valence-electron chi connectivity index (χ4n) is 2.99. The van der Waals surface area contributed by atoms with Gasteiger partial charge >= 0.3 is 0 Å². The molecule has 2 N–H and O–H groups in total. The topological polar surface area (TPSA) is 35.5 Å². The second kappa shape index (κ2) is 8.01. The normalized spacial score (nSPS) is 15.8. The van der Waals surface area contributed by atoms with Crippen molar-refractivity contribution >= 4 is 21.6 Å². The minimum Gasteiger partial charge on any atom is -0.395 e. The van der Waals surface area contributed by atoms with E-state index >= 15 is 0 Å². The summed E-state index contributed by atoms with van der Waals surface area (Å²) in [7, 11) is 0. The first kappa shape index (κ1) is 15.8. The lowest BCUT2D eigenvalue weighted by Crippen LogP contribution is -2.36. The minimum atomic E-state index is 0.210. The van der Waals surface area contributed by atoms with Crippen molar-refractivity contribution in [3.63, 3.8) is 0 Å². The van der Waals surface area contributed by atoms with Gasteiger partial charge in [-0.25, -0.2) is 0 Å². The molecule has 0 radical (unpaired) electrons. The van der Waals surface area contributed by atoms with Gasteiger partial charge in [0.05, 0.1) is 12.3 Å². The van der Waals surface area contributed by atoms with Crippen LogP contribution in [-0.2, 0) is 6.54 Å². The predicted octanol–water partition coefficient (Wildman–Crippen LogP) is 3.30. The Labute approximate surface area is 130 Å². The highest BCUT2D eigenvalue weighted by molar-refractivity contribution is 9.10. The summed E-state index contributed by atoms with van der Waals surface area (Å²) in [6, 6.07) is 7.14. The molecule has 0 saturated heterocycles. The van der Waals surface area contributed by atoms with Crippen LogP contribution in [0.3, 0.4) is 0 Å². The molecule has 0 spiro atoms. The first-order valence-electron chi connectivity index (χ1n) is 7.63. The second-order valence-electron chi connectivity index (χ2n) is 5.42. The van der Waals surface area contributed by atoms with Gasteiger partial charge in [-0.05, 0) is 53.0 Å². The van der Waals surface area contributed by atoms with Crippen molar-refractivity contribution in [2.75, 3.05) is 24.6 Å². The average molecular weight is 341 g/mol. The van der Waals surface area contributed by atoms with Gasteiger partial charge in [0.25, 0.3) is 0 Å². The summed E-state index contributed by atoms with van der Waals surface area (Å²) >= 11 is 3.71. The zero-order valence-corrected chi connectivity index (χ0v) is 13.8. The monoisotopic (exact) mass is 340 g/mol. The molecule has 0 unspecified atom stereocenters. The third-order valence-electron chi connectivity index (χ3n) is 4.01. The molecule has 0 heterocycles. The highest BCUT2D eigenvalue weighted by Gasteiger charge is 2.23. The van der Waals surface area contributed by atoms with Crippen molar-refractivity contribution < 1.29 is 5.11 Å². The summed E-state index contributed by atoms with van der Waals surface area (Å²) in [5.74, 6) is 0. The maximum absolute atomic E-state index is 9.35. The Morgan fingerprint density at radius 1 is 1.35 bits per heavy atom. The number of aliphatic hydroxyl groups is 1. The van der Waals surface area contributed by atoms with Crippen LogP contribution in [0.4, 0.5) is 5.69 Å². The quantitative estimate of drug-likeness (QED) is 0.799. The highest BCUT2D eigenvalue weighted by atomic mass is 79.9. The van der Waals surface area contributed by atoms with Crippen molar-refractivity contribution in [1.82, 2.24) is 5.32 Å². The number of benzene rings is 1. The molecular weight excluding hydrogens is 316 g/mol. The molecule has 0 atom stereocenters. The Kier molecular flexibility index (Phi) is 6.33. The molecule has 3 nitrogen and oxygen atoms in total. The van der Waals surface area contributed by atoms with Crippen molar-refractivity contribution in [2.45, 2.75) is 45.2 Å². The Balaban J connectivity index is 2.15. The van der Waals surface area contributed by atoms with Gasteiger partial charge in [0, 0.05) is 23.6 Å². The zero-order valence-electron chi connectivity index (χ0n) is 12.2. The van der Waals surface area contributed by atoms with Crippen LogP contribution in [0.25, 0.3) is 0 Å². The Morgan fingerprint density at radius 3 is 2.70 bits per heavy atom. The van der Waals surface area contributed by atoms with Gasteiger partial charge in [-0.3, -0.25) is 0 Å². The molecule has 0 bridgehead atoms. The summed E-state index contributed by atoms with van der Waals surface area (Å²) in [6.45, 7) is 4.93. The summed E-state index contributed by atoms with van der Waals surface area (Å²) in [5.41, 5.74) is 2.50. The number of nitrogens with zero attached hydrogens (tertiary/aromatic N) is 1. The molecule has 1 aromatic carbocycles. The minimum absolute atomic E-state index is 0.210. The molecule has 4 heteroatoms. The lowest BCUT2D eigenvalue weighted by Gasteiger charge is -2.31. The molecule has 1 fully saturated rings. The van der Waals surface area contributed by atoms with E-state index in [0.29, 0.717) is 6.04 Å². The van der Waals surface area contributed by atoms with Gasteiger partial charge in [-0.15, -0.1) is 0 Å². The van der Waals surface area contributed by atoms with Crippen LogP contribution in [0, 0.1) is 0 Å². The van der Waals surface area contributed by atoms with E-state index in [4.69, 9.17) is 0 Å². The molecule has 1 aromatic rings. The van der Waals surface area contributed by atoms with E-state index in [0.717, 1.165) is 24.1 Å². The van der Waals surface area contributed by atoms with Crippen LogP contribution in [-0.4, -0.2) is 30.8 Å². The maximum Gasteiger partial charge on any atom is 0.0606 e. The second-order valence-corrected chi connectivity index (χ2v) is 6.28. The SMILES string of the molecule is CCNCc1ccc(N(CCO)C2CCCC2)c(Br)c1. The molecule has 1 aliphatic carbocycles. The van der Waals surface area contributed by atoms with Gasteiger partial charge in [0.2, 0.25) is 0 Å². The summed E-state index contributed by atoms with van der Waals surface area (Å²) < 4.78 is 1.13. The van der Waals surface area contributed by atoms with Crippen molar-refractivity contribution in [2.24, 2.45) is 0 Å². The molecule has 20 heavy (non-hydrogen) atoms. The van der Waals surface area contributed by atoms with E-state index in [2.05, 4.69) is 51.3 Å². The predicted molar refractivity (Wildman–Crippen MR) is 88.2 cm³/mol. The van der Waals surface area contributed by atoms with Crippen LogP contribution in [0.1, 0.15) is 38.2 Å². The molecule has 2 rings (SSSR count). The number of anilines is 1. The number of nitrogens with one attached hydrogen (secondary N) is 1. The summed E-state index contributed by atoms with van der Waals surface area (Å²) in [6.07, 6.45) is 5.10. The van der Waals surface area contributed by atoms with E-state index in [-0.39, 0.29) is 6.61 Å². The van der Waals surface area contributed by atoms with Crippen LogP contribution in [0.2, 0.25) is 0 Å². The lowest BCUT2D eigenvalue weighted by molar-refractivity contribution is 0.297. The van der Waals surface area contributed by atoms with E-state index in [1.54, 1.807) is 0 Å². The number of hydrogen-bond donors (Lipinski definition) is 2. The van der Waals surface area contributed by atoms with Crippen molar-refractivity contribution in [1.29, 1.82) is 0 Å². The van der Waals surface area contributed by atoms with E-state index in [1.807, 2.05) is 0 Å². The smallest absolute Gasteiger partial charge is 0.0606 e. The first-order valence-corrected chi connectivity index (χ1v) is 8.42. The third kappa shape index (κ3) is 3.96. The molecular formula is C16H25BrN2O. The van der Waals surface area contributed by atoms with Crippen LogP contribution in [0.5, 0.6) is 0 Å². The van der Waals surface area contributed by atoms with Crippen LogP contribution < -0.4 is 10.2 Å². The Morgan fingerprint density at radius 2 is 2.10 bits per heavy atom. The fourth-order valence-corrected chi connectivity index (χ4v) is 3.64. The van der Waals surface area contributed by atoms with Gasteiger partial charge in [-0.1, -0.05) is 25.8 Å². The standard InChI is InChI=1S/C16H25BrN2O/c1-2-18-12-13-7-8-16(15(17)11-13)19(9-10-20)14-5-3-4-6-14/h7-8,11,14,18,20H,2-6,9-10,12H2,1H3. The van der Waals surface area contributed by atoms with E-state index in [1.165, 1.54) is 36.9 Å². The van der Waals surface area contributed by atoms with Gasteiger partial charge in [-0.2, -0.15) is 0 Å². The largest absolute Gasteiger partial charge is 0.395 e. The number of hydrogen-bond acceptors (Lipinski definition) is 3. The van der Waals surface area contributed by atoms with E-state index in [9.17, 15) is 5.11 Å². The average Bonchev–Trinajstić information content (AvgIpc) is 2.97. The van der Waals surface area contributed by atoms with Gasteiger partial charge in [0.1, 0.15) is 0 Å². The number of rotatable bonds is 7. The lowest BCUT2D eigenvalue weighted by atomic mass is 10.1. The van der Waals surface area contributed by atoms with Crippen molar-refractivity contribution in [3.8, 4) is 0 Å². The summed E-state index contributed by atoms with van der Waals surface area (Å²) in [4.78, 5) is 2.37. The molecule has 1 saturated carbocycles. The maximum atomic E-state index is 9.35. The molecule has 0 aliphatic heterocycles. The van der Waals surface area contributed by atoms with Crippen LogP contribution >= 0.6 is 15.9 Å². The molecule has 112 valence electrons. The first-order chi connectivity index (χ1) is 9.76. The number of halogens is 1.